The first kappa shape index (κ1) is 35.7. The highest BCUT2D eigenvalue weighted by Crippen LogP contribution is 2.48. The number of hydrogen-bond donors (Lipinski definition) is 1. The normalized spacial score (nSPS) is 18.5. The standard InChI is InChI=1S/C36H40F3N7O5S/c1-5-23-17-25-31(32(50-21-36(37,38)39)30(23)29-22(3)7-8-27-26(29)18-40-43-27)41-34(51-24-9-13-46(14-10-24)52(4,48)49)42-33(25)44-15-11-35(12-16-44)19-45(20-35)28(47)6-2/h5-8,17-18,24H,1-2,9-16,19-21H2,3-4H3,(H,40,43). The second-order valence-electron chi connectivity index (χ2n) is 14.0. The van der Waals surface area contributed by atoms with Crippen molar-refractivity contribution in [2.75, 3.05) is 57.0 Å². The number of carbonyl (C=O) groups is 1. The number of hydrogen-bond acceptors (Lipinski definition) is 9. The number of alkyl halides is 3. The van der Waals surface area contributed by atoms with Crippen LogP contribution >= 0.6 is 0 Å². The minimum Gasteiger partial charge on any atom is -0.481 e. The van der Waals surface area contributed by atoms with Crippen molar-refractivity contribution in [3.63, 3.8) is 0 Å². The van der Waals surface area contributed by atoms with Crippen molar-refractivity contribution in [2.24, 2.45) is 5.41 Å². The number of likely N-dealkylation sites (tertiary alicyclic amines) is 1. The molecule has 3 aliphatic heterocycles. The number of ether oxygens (including phenoxy) is 2. The summed E-state index contributed by atoms with van der Waals surface area (Å²) in [5, 5.41) is 8.29. The van der Waals surface area contributed by atoms with Gasteiger partial charge in [-0.2, -0.15) is 28.2 Å². The summed E-state index contributed by atoms with van der Waals surface area (Å²) in [5.41, 5.74) is 3.11. The van der Waals surface area contributed by atoms with Crippen LogP contribution in [0.5, 0.6) is 11.8 Å². The maximum absolute atomic E-state index is 13.9. The fraction of sp³-hybridized carbons (Fsp3) is 0.444. The maximum atomic E-state index is 13.9. The zero-order chi connectivity index (χ0) is 37.0. The predicted molar refractivity (Wildman–Crippen MR) is 192 cm³/mol. The zero-order valence-corrected chi connectivity index (χ0v) is 29.8. The molecular weight excluding hydrogens is 700 g/mol. The summed E-state index contributed by atoms with van der Waals surface area (Å²) in [5.74, 6) is 0.291. The summed E-state index contributed by atoms with van der Waals surface area (Å²) >= 11 is 0. The molecule has 0 unspecified atom stereocenters. The van der Waals surface area contributed by atoms with Gasteiger partial charge in [0.15, 0.2) is 12.4 Å². The van der Waals surface area contributed by atoms with Gasteiger partial charge in [0, 0.05) is 61.0 Å². The highest BCUT2D eigenvalue weighted by molar-refractivity contribution is 7.88. The highest BCUT2D eigenvalue weighted by Gasteiger charge is 2.46. The minimum atomic E-state index is -4.65. The fourth-order valence-electron chi connectivity index (χ4n) is 7.67. The maximum Gasteiger partial charge on any atom is 0.422 e. The number of H-pyrrole nitrogens is 1. The van der Waals surface area contributed by atoms with Crippen LogP contribution in [0.1, 0.15) is 36.8 Å². The van der Waals surface area contributed by atoms with Gasteiger partial charge in [-0.25, -0.2) is 12.7 Å². The number of fused-ring (bicyclic) bond motifs is 2. The van der Waals surface area contributed by atoms with E-state index in [9.17, 15) is 26.4 Å². The lowest BCUT2D eigenvalue weighted by Gasteiger charge is -2.54. The van der Waals surface area contributed by atoms with E-state index in [1.807, 2.05) is 25.1 Å². The number of halogens is 3. The van der Waals surface area contributed by atoms with Crippen LogP contribution in [0.3, 0.4) is 0 Å². The molecule has 3 fully saturated rings. The van der Waals surface area contributed by atoms with E-state index in [4.69, 9.17) is 19.4 Å². The van der Waals surface area contributed by atoms with Gasteiger partial charge in [0.1, 0.15) is 17.4 Å². The molecule has 276 valence electrons. The quantitative estimate of drug-likeness (QED) is 0.222. The van der Waals surface area contributed by atoms with Gasteiger partial charge < -0.3 is 19.3 Å². The molecule has 3 saturated heterocycles. The molecule has 1 amide bonds. The van der Waals surface area contributed by atoms with Crippen molar-refractivity contribution in [3.8, 4) is 22.9 Å². The number of benzene rings is 2. The number of nitrogens with one attached hydrogen (secondary N) is 1. The first-order valence-corrected chi connectivity index (χ1v) is 19.0. The lowest BCUT2D eigenvalue weighted by Crippen LogP contribution is -2.61. The number of aromatic amines is 1. The topological polar surface area (TPSA) is 134 Å². The van der Waals surface area contributed by atoms with Crippen molar-refractivity contribution in [1.29, 1.82) is 0 Å². The molecule has 12 nitrogen and oxygen atoms in total. The molecule has 16 heteroatoms. The highest BCUT2D eigenvalue weighted by atomic mass is 32.2. The van der Waals surface area contributed by atoms with Crippen LogP contribution < -0.4 is 14.4 Å². The smallest absolute Gasteiger partial charge is 0.422 e. The lowest BCUT2D eigenvalue weighted by molar-refractivity contribution is -0.153. The number of rotatable bonds is 9. The van der Waals surface area contributed by atoms with E-state index < -0.39 is 28.9 Å². The average Bonchev–Trinajstić information content (AvgIpc) is 3.57. The van der Waals surface area contributed by atoms with Crippen LogP contribution in [0.25, 0.3) is 39.0 Å². The van der Waals surface area contributed by atoms with Gasteiger partial charge >= 0.3 is 12.2 Å². The van der Waals surface area contributed by atoms with Crippen LogP contribution in [0, 0.1) is 12.3 Å². The Morgan fingerprint density at radius 3 is 2.42 bits per heavy atom. The summed E-state index contributed by atoms with van der Waals surface area (Å²) < 4.78 is 79.5. The van der Waals surface area contributed by atoms with Crippen molar-refractivity contribution in [2.45, 2.75) is 44.9 Å². The monoisotopic (exact) mass is 739 g/mol. The number of anilines is 1. The van der Waals surface area contributed by atoms with Crippen LogP contribution in [-0.2, 0) is 14.8 Å². The van der Waals surface area contributed by atoms with Gasteiger partial charge in [0.25, 0.3) is 0 Å². The first-order chi connectivity index (χ1) is 24.7. The largest absolute Gasteiger partial charge is 0.481 e. The minimum absolute atomic E-state index is 0.0356. The molecule has 3 aliphatic rings. The molecule has 1 N–H and O–H groups in total. The van der Waals surface area contributed by atoms with Gasteiger partial charge in [0.05, 0.1) is 18.0 Å². The number of amides is 1. The third-order valence-corrected chi connectivity index (χ3v) is 11.7. The molecule has 1 spiro atoms. The van der Waals surface area contributed by atoms with Gasteiger partial charge in [-0.15, -0.1) is 0 Å². The van der Waals surface area contributed by atoms with Crippen LogP contribution in [-0.4, -0.2) is 108 Å². The molecule has 0 radical (unpaired) electrons. The van der Waals surface area contributed by atoms with E-state index in [2.05, 4.69) is 28.3 Å². The number of piperidine rings is 2. The van der Waals surface area contributed by atoms with Crippen LogP contribution in [0.15, 0.2) is 43.6 Å². The molecule has 2 aromatic heterocycles. The Bertz CT molecular complexity index is 2160. The number of nitrogens with zero attached hydrogens (tertiary/aromatic N) is 6. The van der Waals surface area contributed by atoms with E-state index >= 15 is 0 Å². The van der Waals surface area contributed by atoms with Gasteiger partial charge in [-0.3, -0.25) is 9.89 Å². The Hall–Kier alpha value is -4.70. The van der Waals surface area contributed by atoms with Gasteiger partial charge in [-0.1, -0.05) is 25.3 Å². The summed E-state index contributed by atoms with van der Waals surface area (Å²) in [7, 11) is -3.38. The molecule has 0 atom stereocenters. The van der Waals surface area contributed by atoms with E-state index in [-0.39, 0.29) is 41.7 Å². The Kier molecular flexibility index (Phi) is 9.18. The van der Waals surface area contributed by atoms with E-state index in [0.717, 1.165) is 24.7 Å². The van der Waals surface area contributed by atoms with Crippen LogP contribution in [0.4, 0.5) is 19.0 Å². The summed E-state index contributed by atoms with van der Waals surface area (Å²) in [4.78, 5) is 25.7. The molecule has 5 heterocycles. The fourth-order valence-corrected chi connectivity index (χ4v) is 8.55. The summed E-state index contributed by atoms with van der Waals surface area (Å²) in [6.45, 7) is 10.8. The molecule has 4 aromatic rings. The van der Waals surface area contributed by atoms with E-state index in [1.165, 1.54) is 10.4 Å². The Morgan fingerprint density at radius 1 is 1.08 bits per heavy atom. The second-order valence-corrected chi connectivity index (χ2v) is 15.9. The number of sulfonamides is 1. The molecule has 0 aliphatic carbocycles. The lowest BCUT2D eigenvalue weighted by atomic mass is 9.72. The number of aryl methyl sites for hydroxylation is 1. The molecule has 0 saturated carbocycles. The van der Waals surface area contributed by atoms with Crippen molar-refractivity contribution in [3.05, 3.63) is 54.8 Å². The molecule has 7 rings (SSSR count). The zero-order valence-electron chi connectivity index (χ0n) is 29.0. The van der Waals surface area contributed by atoms with Crippen LogP contribution in [0.2, 0.25) is 0 Å². The Labute approximate surface area is 299 Å². The average molecular weight is 740 g/mol. The van der Waals surface area contributed by atoms with E-state index in [0.29, 0.717) is 77.8 Å². The second kappa shape index (κ2) is 13.4. The first-order valence-electron chi connectivity index (χ1n) is 17.1. The molecular formula is C36H40F3N7O5S. The van der Waals surface area contributed by atoms with Crippen molar-refractivity contribution >= 4 is 49.6 Å². The van der Waals surface area contributed by atoms with Gasteiger partial charge in [-0.05, 0) is 67.5 Å². The van der Waals surface area contributed by atoms with Crippen molar-refractivity contribution < 1.29 is 35.9 Å². The summed E-state index contributed by atoms with van der Waals surface area (Å²) in [6.07, 6.45) is 2.92. The molecule has 2 aromatic carbocycles. The Morgan fingerprint density at radius 2 is 1.79 bits per heavy atom. The summed E-state index contributed by atoms with van der Waals surface area (Å²) in [6, 6.07) is 5.50. The SMILES string of the molecule is C=CC(=O)N1CC2(CCN(c3nc(OC4CCN(S(C)(=O)=O)CC4)nc4c(OCC(F)(F)F)c(-c5c(C)ccc6[nH]ncc56)c(C=C)cc34)CC2)C1. The third-order valence-electron chi connectivity index (χ3n) is 10.4. The van der Waals surface area contributed by atoms with Gasteiger partial charge in [0.2, 0.25) is 15.9 Å². The molecule has 0 bridgehead atoms. The molecule has 52 heavy (non-hydrogen) atoms. The number of aromatic nitrogens is 4. The predicted octanol–water partition coefficient (Wildman–Crippen LogP) is 5.48. The van der Waals surface area contributed by atoms with Crippen molar-refractivity contribution in [1.82, 2.24) is 29.4 Å². The third kappa shape index (κ3) is 6.80. The Balaban J connectivity index is 1.36. The van der Waals surface area contributed by atoms with E-state index in [1.54, 1.807) is 17.2 Å². The number of carbonyl (C=O) groups excluding carboxylic acids is 1.